The predicted octanol–water partition coefficient (Wildman–Crippen LogP) is 1.22. The fourth-order valence-corrected chi connectivity index (χ4v) is 1.64. The topological polar surface area (TPSA) is 75.4 Å². The number of nitrogens with zero attached hydrogens (tertiary/aromatic N) is 1. The second kappa shape index (κ2) is 4.32. The number of carboxylic acid groups (broad SMARTS) is 1. The molecule has 0 aliphatic heterocycles. The van der Waals surface area contributed by atoms with E-state index in [2.05, 4.69) is 10.3 Å². The Labute approximate surface area is 92.1 Å². The fourth-order valence-electron chi connectivity index (χ4n) is 1.64. The van der Waals surface area contributed by atoms with Gasteiger partial charge in [0.05, 0.1) is 5.92 Å². The lowest BCUT2D eigenvalue weighted by atomic mass is 9.99. The number of likely N-dealkylation sites (N-methyl/N-ethyl adjacent to an activating group) is 1. The molecule has 5 nitrogen and oxygen atoms in total. The van der Waals surface area contributed by atoms with Crippen molar-refractivity contribution in [2.45, 2.75) is 5.92 Å². The molecule has 1 atom stereocenters. The van der Waals surface area contributed by atoms with Crippen LogP contribution in [0.5, 0.6) is 0 Å². The minimum atomic E-state index is -0.854. The molecule has 0 fully saturated rings. The van der Waals surface area contributed by atoms with Gasteiger partial charge in [-0.1, -0.05) is 6.07 Å². The van der Waals surface area contributed by atoms with Crippen molar-refractivity contribution < 1.29 is 14.3 Å². The van der Waals surface area contributed by atoms with E-state index in [0.717, 1.165) is 5.52 Å². The lowest BCUT2D eigenvalue weighted by Crippen LogP contribution is -2.23. The number of aliphatic carboxylic acids is 1. The second-order valence-corrected chi connectivity index (χ2v) is 3.53. The fraction of sp³-hybridized carbons (Fsp3) is 0.273. The third-order valence-corrected chi connectivity index (χ3v) is 2.46. The molecule has 1 unspecified atom stereocenters. The van der Waals surface area contributed by atoms with Crippen molar-refractivity contribution >= 4 is 17.1 Å². The molecule has 0 aliphatic carbocycles. The van der Waals surface area contributed by atoms with Gasteiger partial charge in [-0.25, -0.2) is 4.98 Å². The van der Waals surface area contributed by atoms with Crippen LogP contribution in [0.15, 0.2) is 29.0 Å². The first-order chi connectivity index (χ1) is 7.72. The van der Waals surface area contributed by atoms with Gasteiger partial charge >= 0.3 is 5.97 Å². The Hall–Kier alpha value is -1.88. The summed E-state index contributed by atoms with van der Waals surface area (Å²) in [4.78, 5) is 15.1. The van der Waals surface area contributed by atoms with Gasteiger partial charge in [0.2, 0.25) is 0 Å². The van der Waals surface area contributed by atoms with Crippen LogP contribution in [-0.2, 0) is 4.79 Å². The Morgan fingerprint density at radius 1 is 1.62 bits per heavy atom. The third-order valence-electron chi connectivity index (χ3n) is 2.46. The number of hydrogen-bond acceptors (Lipinski definition) is 4. The Morgan fingerprint density at radius 2 is 2.44 bits per heavy atom. The van der Waals surface area contributed by atoms with E-state index in [4.69, 9.17) is 9.52 Å². The summed E-state index contributed by atoms with van der Waals surface area (Å²) in [5.41, 5.74) is 2.06. The van der Waals surface area contributed by atoms with Gasteiger partial charge in [-0.05, 0) is 24.7 Å². The average Bonchev–Trinajstić information content (AvgIpc) is 2.72. The maximum atomic E-state index is 11.1. The lowest BCUT2D eigenvalue weighted by Gasteiger charge is -2.11. The highest BCUT2D eigenvalue weighted by molar-refractivity contribution is 5.80. The molecule has 2 N–H and O–H groups in total. The average molecular weight is 220 g/mol. The lowest BCUT2D eigenvalue weighted by molar-refractivity contribution is -0.138. The molecule has 0 saturated carbocycles. The first-order valence-electron chi connectivity index (χ1n) is 4.93. The van der Waals surface area contributed by atoms with E-state index < -0.39 is 11.9 Å². The molecule has 84 valence electrons. The first kappa shape index (κ1) is 10.6. The van der Waals surface area contributed by atoms with Crippen LogP contribution in [0.3, 0.4) is 0 Å². The van der Waals surface area contributed by atoms with Gasteiger partial charge in [0, 0.05) is 6.54 Å². The zero-order valence-electron chi connectivity index (χ0n) is 8.80. The third kappa shape index (κ3) is 1.90. The minimum absolute atomic E-state index is 0.384. The molecule has 1 aromatic carbocycles. The van der Waals surface area contributed by atoms with E-state index in [1.165, 1.54) is 6.39 Å². The molecule has 5 heteroatoms. The van der Waals surface area contributed by atoms with Crippen LogP contribution in [0.1, 0.15) is 11.5 Å². The van der Waals surface area contributed by atoms with Gasteiger partial charge < -0.3 is 14.8 Å². The van der Waals surface area contributed by atoms with Gasteiger partial charge in [-0.3, -0.25) is 4.79 Å². The van der Waals surface area contributed by atoms with E-state index >= 15 is 0 Å². The van der Waals surface area contributed by atoms with Crippen molar-refractivity contribution in [2.24, 2.45) is 0 Å². The molecule has 1 aromatic heterocycles. The number of nitrogens with one attached hydrogen (secondary N) is 1. The highest BCUT2D eigenvalue weighted by Crippen LogP contribution is 2.21. The molecular formula is C11H12N2O3. The number of rotatable bonds is 4. The summed E-state index contributed by atoms with van der Waals surface area (Å²) in [5, 5.41) is 12.0. The SMILES string of the molecule is CNCC(C(=O)O)c1ccc2ncoc2c1. The van der Waals surface area contributed by atoms with Gasteiger partial charge in [0.25, 0.3) is 0 Å². The first-order valence-corrected chi connectivity index (χ1v) is 4.93. The molecule has 2 aromatic rings. The van der Waals surface area contributed by atoms with Gasteiger partial charge in [-0.15, -0.1) is 0 Å². The summed E-state index contributed by atoms with van der Waals surface area (Å²) in [6.07, 6.45) is 1.35. The molecule has 0 spiro atoms. The Morgan fingerprint density at radius 3 is 3.12 bits per heavy atom. The summed E-state index contributed by atoms with van der Waals surface area (Å²) >= 11 is 0. The van der Waals surface area contributed by atoms with Crippen LogP contribution < -0.4 is 5.32 Å². The number of fused-ring (bicyclic) bond motifs is 1. The van der Waals surface area contributed by atoms with Crippen LogP contribution in [-0.4, -0.2) is 29.7 Å². The van der Waals surface area contributed by atoms with Crippen molar-refractivity contribution in [1.82, 2.24) is 10.3 Å². The summed E-state index contributed by atoms with van der Waals surface area (Å²) in [6.45, 7) is 0.384. The Kier molecular flexibility index (Phi) is 2.87. The normalized spacial score (nSPS) is 12.8. The number of benzene rings is 1. The highest BCUT2D eigenvalue weighted by atomic mass is 16.4. The van der Waals surface area contributed by atoms with E-state index in [0.29, 0.717) is 17.7 Å². The minimum Gasteiger partial charge on any atom is -0.481 e. The van der Waals surface area contributed by atoms with Crippen LogP contribution >= 0.6 is 0 Å². The van der Waals surface area contributed by atoms with Gasteiger partial charge in [0.1, 0.15) is 5.52 Å². The summed E-state index contributed by atoms with van der Waals surface area (Å²) in [7, 11) is 1.73. The standard InChI is InChI=1S/C11H12N2O3/c1-12-5-8(11(14)15)7-2-3-9-10(4-7)16-6-13-9/h2-4,6,8,12H,5H2,1H3,(H,14,15). The van der Waals surface area contributed by atoms with Gasteiger partial charge in [0.15, 0.2) is 12.0 Å². The molecule has 0 amide bonds. The number of carboxylic acids is 1. The number of carbonyl (C=O) groups is 1. The van der Waals surface area contributed by atoms with Crippen LogP contribution in [0.2, 0.25) is 0 Å². The van der Waals surface area contributed by atoms with Crippen LogP contribution in [0.4, 0.5) is 0 Å². The van der Waals surface area contributed by atoms with E-state index in [1.807, 2.05) is 0 Å². The highest BCUT2D eigenvalue weighted by Gasteiger charge is 2.19. The van der Waals surface area contributed by atoms with Crippen molar-refractivity contribution in [3.63, 3.8) is 0 Å². The summed E-state index contributed by atoms with van der Waals surface area (Å²) in [5.74, 6) is -1.42. The number of hydrogen-bond donors (Lipinski definition) is 2. The van der Waals surface area contributed by atoms with Crippen LogP contribution in [0.25, 0.3) is 11.1 Å². The predicted molar refractivity (Wildman–Crippen MR) is 58.3 cm³/mol. The Balaban J connectivity index is 2.39. The molecule has 16 heavy (non-hydrogen) atoms. The molecule has 0 saturated heterocycles. The summed E-state index contributed by atoms with van der Waals surface area (Å²) in [6, 6.07) is 5.25. The van der Waals surface area contributed by atoms with Crippen molar-refractivity contribution in [2.75, 3.05) is 13.6 Å². The van der Waals surface area contributed by atoms with Crippen molar-refractivity contribution in [1.29, 1.82) is 0 Å². The molecule has 0 radical (unpaired) electrons. The number of aromatic nitrogens is 1. The number of oxazole rings is 1. The van der Waals surface area contributed by atoms with E-state index in [1.54, 1.807) is 25.2 Å². The van der Waals surface area contributed by atoms with Crippen molar-refractivity contribution in [3.8, 4) is 0 Å². The monoisotopic (exact) mass is 220 g/mol. The smallest absolute Gasteiger partial charge is 0.312 e. The zero-order chi connectivity index (χ0) is 11.5. The van der Waals surface area contributed by atoms with E-state index in [9.17, 15) is 4.79 Å². The molecule has 0 aliphatic rings. The zero-order valence-corrected chi connectivity index (χ0v) is 8.80. The van der Waals surface area contributed by atoms with Crippen LogP contribution in [0, 0.1) is 0 Å². The Bertz CT molecular complexity index is 507. The molecular weight excluding hydrogens is 208 g/mol. The largest absolute Gasteiger partial charge is 0.481 e. The summed E-state index contributed by atoms with van der Waals surface area (Å²) < 4.78 is 5.14. The quantitative estimate of drug-likeness (QED) is 0.810. The molecule has 1 heterocycles. The molecule has 0 bridgehead atoms. The maximum Gasteiger partial charge on any atom is 0.312 e. The van der Waals surface area contributed by atoms with Crippen molar-refractivity contribution in [3.05, 3.63) is 30.2 Å². The second-order valence-electron chi connectivity index (χ2n) is 3.53. The molecule has 2 rings (SSSR count). The van der Waals surface area contributed by atoms with E-state index in [-0.39, 0.29) is 0 Å². The van der Waals surface area contributed by atoms with Gasteiger partial charge in [-0.2, -0.15) is 0 Å². The maximum absolute atomic E-state index is 11.1.